The van der Waals surface area contributed by atoms with Crippen molar-refractivity contribution in [3.8, 4) is 0 Å². The summed E-state index contributed by atoms with van der Waals surface area (Å²) in [4.78, 5) is 4.41. The molecule has 0 unspecified atom stereocenters. The Balaban J connectivity index is 2.17. The summed E-state index contributed by atoms with van der Waals surface area (Å²) in [7, 11) is 2.11. The summed E-state index contributed by atoms with van der Waals surface area (Å²) < 4.78 is 14.1. The zero-order chi connectivity index (χ0) is 13.1. The molecule has 0 amide bonds. The van der Waals surface area contributed by atoms with E-state index in [1.807, 2.05) is 19.1 Å². The minimum atomic E-state index is -0.158. The van der Waals surface area contributed by atoms with Crippen LogP contribution in [0.2, 0.25) is 0 Å². The molecule has 2 N–H and O–H groups in total. The lowest BCUT2D eigenvalue weighted by Crippen LogP contribution is -2.29. The topological polar surface area (TPSA) is 32.5 Å². The number of anilines is 1. The second-order valence-corrected chi connectivity index (χ2v) is 5.14. The Labute approximate surface area is 108 Å². The fourth-order valence-electron chi connectivity index (χ4n) is 2.35. The highest BCUT2D eigenvalue weighted by Crippen LogP contribution is 2.23. The first-order valence-corrected chi connectivity index (χ1v) is 6.56. The lowest BCUT2D eigenvalue weighted by molar-refractivity contribution is 0.360. The number of hydrogen-bond donors (Lipinski definition) is 1. The molecule has 4 heteroatoms. The van der Waals surface area contributed by atoms with E-state index in [2.05, 4.69) is 16.8 Å². The maximum absolute atomic E-state index is 14.1. The summed E-state index contributed by atoms with van der Waals surface area (Å²) in [6, 6.07) is 5.23. The van der Waals surface area contributed by atoms with Crippen LogP contribution in [0.4, 0.5) is 10.1 Å². The minimum absolute atomic E-state index is 0.121. The van der Waals surface area contributed by atoms with Crippen LogP contribution in [0.25, 0.3) is 0 Å². The smallest absolute Gasteiger partial charge is 0.146 e. The van der Waals surface area contributed by atoms with E-state index in [0.29, 0.717) is 5.69 Å². The number of likely N-dealkylation sites (N-methyl/N-ethyl adjacent to an activating group) is 1. The maximum atomic E-state index is 14.1. The minimum Gasteiger partial charge on any atom is -0.368 e. The molecule has 18 heavy (non-hydrogen) atoms. The molecule has 1 fully saturated rings. The van der Waals surface area contributed by atoms with Crippen LogP contribution in [0.15, 0.2) is 18.2 Å². The molecule has 1 aliphatic rings. The van der Waals surface area contributed by atoms with Gasteiger partial charge in [0, 0.05) is 25.7 Å². The molecule has 1 aromatic carbocycles. The summed E-state index contributed by atoms with van der Waals surface area (Å²) in [6.07, 6.45) is 1.07. The number of benzene rings is 1. The van der Waals surface area contributed by atoms with Crippen molar-refractivity contribution in [3.05, 3.63) is 29.6 Å². The molecule has 1 saturated heterocycles. The van der Waals surface area contributed by atoms with Crippen LogP contribution < -0.4 is 10.6 Å². The van der Waals surface area contributed by atoms with Crippen molar-refractivity contribution >= 4 is 5.69 Å². The number of rotatable bonds is 2. The molecule has 3 nitrogen and oxygen atoms in total. The van der Waals surface area contributed by atoms with Crippen LogP contribution >= 0.6 is 0 Å². The predicted molar refractivity (Wildman–Crippen MR) is 73.3 cm³/mol. The van der Waals surface area contributed by atoms with Crippen molar-refractivity contribution < 1.29 is 4.39 Å². The maximum Gasteiger partial charge on any atom is 0.146 e. The van der Waals surface area contributed by atoms with Gasteiger partial charge in [-0.15, -0.1) is 0 Å². The third-order valence-electron chi connectivity index (χ3n) is 3.56. The van der Waals surface area contributed by atoms with E-state index in [1.54, 1.807) is 6.07 Å². The van der Waals surface area contributed by atoms with Gasteiger partial charge in [0.15, 0.2) is 0 Å². The van der Waals surface area contributed by atoms with E-state index in [-0.39, 0.29) is 11.9 Å². The lowest BCUT2D eigenvalue weighted by Gasteiger charge is -2.24. The Morgan fingerprint density at radius 2 is 2.00 bits per heavy atom. The molecule has 0 saturated carbocycles. The number of nitrogens with zero attached hydrogens (tertiary/aromatic N) is 2. The van der Waals surface area contributed by atoms with E-state index in [4.69, 9.17) is 5.73 Å². The molecular weight excluding hydrogens is 229 g/mol. The highest BCUT2D eigenvalue weighted by atomic mass is 19.1. The first-order chi connectivity index (χ1) is 8.58. The molecule has 0 aromatic heterocycles. The van der Waals surface area contributed by atoms with Gasteiger partial charge in [-0.1, -0.05) is 6.07 Å². The standard InChI is InChI=1S/C14H22FN3/c1-11(16)12-4-5-14(13(15)10-12)18-7-3-6-17(2)8-9-18/h4-5,10-11H,3,6-9,16H2,1-2H3/t11-/m0/s1. The van der Waals surface area contributed by atoms with Gasteiger partial charge in [-0.2, -0.15) is 0 Å². The van der Waals surface area contributed by atoms with E-state index in [9.17, 15) is 4.39 Å². The highest BCUT2D eigenvalue weighted by molar-refractivity contribution is 5.49. The first kappa shape index (κ1) is 13.3. The molecule has 0 radical (unpaired) electrons. The fourth-order valence-corrected chi connectivity index (χ4v) is 2.35. The van der Waals surface area contributed by atoms with Gasteiger partial charge in [0.05, 0.1) is 5.69 Å². The molecular formula is C14H22FN3. The lowest BCUT2D eigenvalue weighted by atomic mass is 10.1. The van der Waals surface area contributed by atoms with Crippen LogP contribution in [0, 0.1) is 5.82 Å². The zero-order valence-corrected chi connectivity index (χ0v) is 11.2. The molecule has 1 heterocycles. The first-order valence-electron chi connectivity index (χ1n) is 6.56. The van der Waals surface area contributed by atoms with Crippen molar-refractivity contribution in [1.29, 1.82) is 0 Å². The Morgan fingerprint density at radius 3 is 2.67 bits per heavy atom. The van der Waals surface area contributed by atoms with Gasteiger partial charge in [-0.3, -0.25) is 0 Å². The number of halogens is 1. The van der Waals surface area contributed by atoms with Crippen molar-refractivity contribution in [1.82, 2.24) is 4.90 Å². The molecule has 1 aliphatic heterocycles. The van der Waals surface area contributed by atoms with E-state index < -0.39 is 0 Å². The second-order valence-electron chi connectivity index (χ2n) is 5.14. The molecule has 0 bridgehead atoms. The van der Waals surface area contributed by atoms with Crippen LogP contribution in [0.3, 0.4) is 0 Å². The van der Waals surface area contributed by atoms with E-state index in [1.165, 1.54) is 0 Å². The normalized spacial score (nSPS) is 19.7. The predicted octanol–water partition coefficient (Wildman–Crippen LogP) is 1.99. The molecule has 100 valence electrons. The average Bonchev–Trinajstić information content (AvgIpc) is 2.54. The Kier molecular flexibility index (Phi) is 4.19. The van der Waals surface area contributed by atoms with Gasteiger partial charge >= 0.3 is 0 Å². The van der Waals surface area contributed by atoms with Crippen molar-refractivity contribution in [2.75, 3.05) is 38.1 Å². The van der Waals surface area contributed by atoms with Crippen LogP contribution in [0.1, 0.15) is 24.9 Å². The SMILES string of the molecule is C[C@H](N)c1ccc(N2CCCN(C)CC2)c(F)c1. The molecule has 1 atom stereocenters. The largest absolute Gasteiger partial charge is 0.368 e. The number of nitrogens with two attached hydrogens (primary N) is 1. The molecule has 1 aromatic rings. The quantitative estimate of drug-likeness (QED) is 0.872. The zero-order valence-electron chi connectivity index (χ0n) is 11.2. The van der Waals surface area contributed by atoms with Crippen molar-refractivity contribution in [2.24, 2.45) is 5.73 Å². The van der Waals surface area contributed by atoms with Gasteiger partial charge in [-0.05, 0) is 44.6 Å². The summed E-state index contributed by atoms with van der Waals surface area (Å²) in [5.41, 5.74) is 7.32. The monoisotopic (exact) mass is 251 g/mol. The summed E-state index contributed by atoms with van der Waals surface area (Å²) in [6.45, 7) is 5.73. The van der Waals surface area contributed by atoms with E-state index in [0.717, 1.165) is 38.2 Å². The third kappa shape index (κ3) is 3.00. The van der Waals surface area contributed by atoms with Gasteiger partial charge < -0.3 is 15.5 Å². The Bertz CT molecular complexity index is 406. The third-order valence-corrected chi connectivity index (χ3v) is 3.56. The summed E-state index contributed by atoms with van der Waals surface area (Å²) >= 11 is 0. The average molecular weight is 251 g/mol. The van der Waals surface area contributed by atoms with Crippen LogP contribution in [0.5, 0.6) is 0 Å². The Hall–Kier alpha value is -1.13. The Morgan fingerprint density at radius 1 is 1.22 bits per heavy atom. The molecule has 2 rings (SSSR count). The van der Waals surface area contributed by atoms with Crippen molar-refractivity contribution in [3.63, 3.8) is 0 Å². The molecule has 0 aliphatic carbocycles. The fraction of sp³-hybridized carbons (Fsp3) is 0.571. The van der Waals surface area contributed by atoms with Crippen molar-refractivity contribution in [2.45, 2.75) is 19.4 Å². The van der Waals surface area contributed by atoms with Gasteiger partial charge in [-0.25, -0.2) is 4.39 Å². The van der Waals surface area contributed by atoms with Gasteiger partial charge in [0.2, 0.25) is 0 Å². The summed E-state index contributed by atoms with van der Waals surface area (Å²) in [5.74, 6) is -0.158. The van der Waals surface area contributed by atoms with Gasteiger partial charge in [0.1, 0.15) is 5.82 Å². The molecule has 0 spiro atoms. The van der Waals surface area contributed by atoms with Gasteiger partial charge in [0.25, 0.3) is 0 Å². The number of hydrogen-bond acceptors (Lipinski definition) is 3. The summed E-state index contributed by atoms with van der Waals surface area (Å²) in [5, 5.41) is 0. The van der Waals surface area contributed by atoms with Crippen LogP contribution in [-0.4, -0.2) is 38.1 Å². The highest BCUT2D eigenvalue weighted by Gasteiger charge is 2.16. The second kappa shape index (κ2) is 5.67. The van der Waals surface area contributed by atoms with Crippen LogP contribution in [-0.2, 0) is 0 Å². The van der Waals surface area contributed by atoms with E-state index >= 15 is 0 Å².